The van der Waals surface area contributed by atoms with Gasteiger partial charge in [0.2, 0.25) is 11.7 Å². The van der Waals surface area contributed by atoms with Gasteiger partial charge in [0.25, 0.3) is 0 Å². The lowest BCUT2D eigenvalue weighted by molar-refractivity contribution is -0.119. The van der Waals surface area contributed by atoms with E-state index in [0.29, 0.717) is 34.6 Å². The average Bonchev–Trinajstić information content (AvgIpc) is 3.01. The molecule has 170 valence electrons. The Kier molecular flexibility index (Phi) is 7.29. The lowest BCUT2D eigenvalue weighted by Crippen LogP contribution is -2.26. The minimum Gasteiger partial charge on any atom is -0.492 e. The van der Waals surface area contributed by atoms with E-state index in [1.165, 1.54) is 40.0 Å². The van der Waals surface area contributed by atoms with E-state index in [-0.39, 0.29) is 28.9 Å². The van der Waals surface area contributed by atoms with E-state index in [0.717, 1.165) is 11.1 Å². The Labute approximate surface area is 190 Å². The number of methoxy groups -OCH3 is 3. The molecule has 1 aliphatic carbocycles. The van der Waals surface area contributed by atoms with Crippen LogP contribution in [0, 0.1) is 0 Å². The first-order valence-electron chi connectivity index (χ1n) is 9.87. The van der Waals surface area contributed by atoms with Gasteiger partial charge in [-0.25, -0.2) is 4.79 Å². The molecule has 3 rings (SSSR count). The molecular weight excluding hydrogens is 434 g/mol. The molecular formula is C23H25NO7S. The highest BCUT2D eigenvalue weighted by atomic mass is 32.2. The Bertz CT molecular complexity index is 1120. The maximum absolute atomic E-state index is 12.8. The fourth-order valence-corrected chi connectivity index (χ4v) is 4.38. The Morgan fingerprint density at radius 3 is 2.41 bits per heavy atom. The van der Waals surface area contributed by atoms with Gasteiger partial charge in [0.1, 0.15) is 0 Å². The van der Waals surface area contributed by atoms with Gasteiger partial charge in [-0.15, -0.1) is 11.8 Å². The third-order valence-electron chi connectivity index (χ3n) is 5.24. The molecule has 0 bridgehead atoms. The minimum absolute atomic E-state index is 0.130. The molecule has 0 aromatic heterocycles. The second-order valence-corrected chi connectivity index (χ2v) is 7.95. The lowest BCUT2D eigenvalue weighted by Gasteiger charge is -2.19. The molecule has 0 fully saturated rings. The van der Waals surface area contributed by atoms with Crippen molar-refractivity contribution in [1.82, 2.24) is 5.32 Å². The Balaban J connectivity index is 2.37. The summed E-state index contributed by atoms with van der Waals surface area (Å²) in [6.07, 6.45) is 2.01. The van der Waals surface area contributed by atoms with Crippen LogP contribution in [0.2, 0.25) is 0 Å². The van der Waals surface area contributed by atoms with Crippen molar-refractivity contribution >= 4 is 23.8 Å². The van der Waals surface area contributed by atoms with Gasteiger partial charge in [0, 0.05) is 12.5 Å². The molecule has 2 aromatic carbocycles. The summed E-state index contributed by atoms with van der Waals surface area (Å²) in [5, 5.41) is 2.95. The van der Waals surface area contributed by atoms with Gasteiger partial charge in [-0.1, -0.05) is 6.07 Å². The number of carbonyl (C=O) groups is 2. The summed E-state index contributed by atoms with van der Waals surface area (Å²) in [4.78, 5) is 37.1. The first-order valence-corrected chi connectivity index (χ1v) is 11.1. The van der Waals surface area contributed by atoms with Crippen LogP contribution in [0.15, 0.2) is 34.0 Å². The van der Waals surface area contributed by atoms with Crippen LogP contribution in [-0.4, -0.2) is 39.6 Å². The van der Waals surface area contributed by atoms with E-state index in [9.17, 15) is 14.4 Å². The molecule has 8 nitrogen and oxygen atoms in total. The van der Waals surface area contributed by atoms with Crippen molar-refractivity contribution in [3.05, 3.63) is 45.6 Å². The normalized spacial score (nSPS) is 14.3. The number of benzene rings is 1. The number of rotatable bonds is 5. The van der Waals surface area contributed by atoms with Gasteiger partial charge in [0.05, 0.1) is 32.3 Å². The van der Waals surface area contributed by atoms with Crippen molar-refractivity contribution in [2.24, 2.45) is 0 Å². The van der Waals surface area contributed by atoms with Crippen molar-refractivity contribution in [2.75, 3.05) is 27.6 Å². The zero-order chi connectivity index (χ0) is 23.4. The summed E-state index contributed by atoms with van der Waals surface area (Å²) >= 11 is 1.35. The Morgan fingerprint density at radius 2 is 1.81 bits per heavy atom. The van der Waals surface area contributed by atoms with Crippen molar-refractivity contribution in [2.45, 2.75) is 30.7 Å². The summed E-state index contributed by atoms with van der Waals surface area (Å²) < 4.78 is 21.2. The summed E-state index contributed by atoms with van der Waals surface area (Å²) in [5.74, 6) is 0.539. The van der Waals surface area contributed by atoms with Gasteiger partial charge in [-0.3, -0.25) is 9.59 Å². The number of hydrogen-bond acceptors (Lipinski definition) is 8. The number of carbonyl (C=O) groups excluding carboxylic acids is 2. The van der Waals surface area contributed by atoms with Crippen molar-refractivity contribution in [3.8, 4) is 28.4 Å². The number of nitrogens with one attached hydrogen (secondary N) is 1. The Morgan fingerprint density at radius 1 is 1.09 bits per heavy atom. The number of fused-ring (bicyclic) bond motifs is 3. The van der Waals surface area contributed by atoms with Crippen LogP contribution in [-0.2, 0) is 16.0 Å². The largest absolute Gasteiger partial charge is 0.513 e. The van der Waals surface area contributed by atoms with Gasteiger partial charge in [-0.2, -0.15) is 0 Å². The first-order chi connectivity index (χ1) is 15.3. The molecule has 2 aromatic rings. The smallest absolute Gasteiger partial charge is 0.492 e. The van der Waals surface area contributed by atoms with E-state index in [2.05, 4.69) is 10.1 Å². The number of ether oxygens (including phenoxy) is 4. The predicted molar refractivity (Wildman–Crippen MR) is 121 cm³/mol. The van der Waals surface area contributed by atoms with Crippen LogP contribution in [0.3, 0.4) is 0 Å². The third-order valence-corrected chi connectivity index (χ3v) is 6.02. The molecule has 1 atom stereocenters. The molecule has 1 amide bonds. The highest BCUT2D eigenvalue weighted by molar-refractivity contribution is 7.98. The minimum atomic E-state index is -0.887. The van der Waals surface area contributed by atoms with Crippen LogP contribution < -0.4 is 25.0 Å². The van der Waals surface area contributed by atoms with Crippen molar-refractivity contribution in [1.29, 1.82) is 0 Å². The maximum atomic E-state index is 12.8. The zero-order valence-electron chi connectivity index (χ0n) is 18.6. The van der Waals surface area contributed by atoms with Crippen molar-refractivity contribution in [3.63, 3.8) is 0 Å². The molecule has 0 saturated carbocycles. The van der Waals surface area contributed by atoms with Crippen LogP contribution in [0.4, 0.5) is 4.79 Å². The Hall–Kier alpha value is -3.20. The molecule has 9 heteroatoms. The highest BCUT2D eigenvalue weighted by Gasteiger charge is 2.30. The van der Waals surface area contributed by atoms with E-state index >= 15 is 0 Å². The zero-order valence-corrected chi connectivity index (χ0v) is 19.4. The molecule has 0 heterocycles. The first kappa shape index (κ1) is 23.5. The summed E-state index contributed by atoms with van der Waals surface area (Å²) in [6.45, 7) is 1.44. The summed E-state index contributed by atoms with van der Waals surface area (Å²) in [7, 11) is 4.15. The molecule has 0 radical (unpaired) electrons. The fraction of sp³-hybridized carbons (Fsp3) is 0.348. The van der Waals surface area contributed by atoms with E-state index in [1.54, 1.807) is 18.2 Å². The number of amides is 1. The van der Waals surface area contributed by atoms with Gasteiger partial charge in [0.15, 0.2) is 16.9 Å². The number of hydrogen-bond donors (Lipinski definition) is 1. The maximum Gasteiger partial charge on any atom is 0.513 e. The molecule has 32 heavy (non-hydrogen) atoms. The topological polar surface area (TPSA) is 100 Å². The van der Waals surface area contributed by atoms with Crippen LogP contribution >= 0.6 is 11.8 Å². The van der Waals surface area contributed by atoms with Crippen LogP contribution in [0.1, 0.15) is 30.5 Å². The second kappa shape index (κ2) is 9.95. The second-order valence-electron chi connectivity index (χ2n) is 7.10. The molecule has 0 unspecified atom stereocenters. The van der Waals surface area contributed by atoms with Crippen LogP contribution in [0.5, 0.6) is 17.2 Å². The average molecular weight is 460 g/mol. The van der Waals surface area contributed by atoms with E-state index in [1.807, 2.05) is 12.3 Å². The molecule has 1 N–H and O–H groups in total. The molecule has 0 aliphatic heterocycles. The summed E-state index contributed by atoms with van der Waals surface area (Å²) in [6, 6.07) is 6.50. The highest BCUT2D eigenvalue weighted by Crippen LogP contribution is 2.50. The quantitative estimate of drug-likeness (QED) is 0.410. The van der Waals surface area contributed by atoms with Crippen LogP contribution in [0.25, 0.3) is 11.1 Å². The van der Waals surface area contributed by atoms with Crippen molar-refractivity contribution < 1.29 is 28.5 Å². The number of thioether (sulfide) groups is 1. The van der Waals surface area contributed by atoms with E-state index in [4.69, 9.17) is 14.2 Å². The molecule has 1 aliphatic rings. The molecule has 0 spiro atoms. The SMILES string of the molecule is COC(=O)Oc1cc2c(c(OC)c1OC)-c1ccc(SC)c(=O)cc1[C@@H](NC(C)=O)CC2. The molecule has 0 saturated heterocycles. The third kappa shape index (κ3) is 4.52. The van der Waals surface area contributed by atoms with Gasteiger partial charge < -0.3 is 24.3 Å². The monoisotopic (exact) mass is 459 g/mol. The number of aryl methyl sites for hydroxylation is 1. The fourth-order valence-electron chi connectivity index (χ4n) is 3.92. The predicted octanol–water partition coefficient (Wildman–Crippen LogP) is 3.72. The standard InChI is InChI=1S/C23H25NO7S/c1-12(25)24-16-8-6-13-10-18(31-23(27)30-4)21(28-2)22(29-3)20(13)14-7-9-19(32-5)17(26)11-15(14)16/h7,9-11,16H,6,8H2,1-5H3,(H,24,25)/t16-/m0/s1. The van der Waals surface area contributed by atoms with Gasteiger partial charge >= 0.3 is 6.16 Å². The van der Waals surface area contributed by atoms with E-state index < -0.39 is 6.16 Å². The lowest BCUT2D eigenvalue weighted by atomic mass is 9.95. The summed E-state index contributed by atoms with van der Waals surface area (Å²) in [5.41, 5.74) is 2.82. The van der Waals surface area contributed by atoms with Gasteiger partial charge in [-0.05, 0) is 54.0 Å².